The molecule has 1 rings (SSSR count). The van der Waals surface area contributed by atoms with Gasteiger partial charge in [-0.15, -0.1) is 0 Å². The molecule has 0 unspecified atom stereocenters. The van der Waals surface area contributed by atoms with Gasteiger partial charge >= 0.3 is 6.18 Å². The molecule has 7 heteroatoms. The fourth-order valence-electron chi connectivity index (χ4n) is 0.715. The normalized spacial score (nSPS) is 11.5. The van der Waals surface area contributed by atoms with Crippen LogP contribution in [0.5, 0.6) is 5.75 Å². The average molecular weight is 225 g/mol. The van der Waals surface area contributed by atoms with E-state index >= 15 is 0 Å². The molecule has 0 amide bonds. The van der Waals surface area contributed by atoms with E-state index in [0.29, 0.717) is 0 Å². The summed E-state index contributed by atoms with van der Waals surface area (Å²) in [7, 11) is 0. The van der Waals surface area contributed by atoms with Crippen molar-refractivity contribution in [3.63, 3.8) is 0 Å². The molecule has 0 N–H and O–H groups in total. The molecule has 0 saturated heterocycles. The van der Waals surface area contributed by atoms with Gasteiger partial charge in [0.1, 0.15) is 12.4 Å². The number of aromatic nitrogens is 1. The first-order valence-corrected chi connectivity index (χ1v) is 3.86. The fraction of sp³-hybridized carbons (Fsp3) is 0.375. The van der Waals surface area contributed by atoms with Crippen LogP contribution in [0.25, 0.3) is 0 Å². The van der Waals surface area contributed by atoms with Gasteiger partial charge in [-0.1, -0.05) is 0 Å². The average Bonchev–Trinajstić information content (AvgIpc) is 2.14. The molecule has 0 atom stereocenters. The van der Waals surface area contributed by atoms with E-state index in [-0.39, 0.29) is 5.75 Å². The SMILES string of the molecule is Fc1ccc(OCOCC(F)(F)F)cn1. The summed E-state index contributed by atoms with van der Waals surface area (Å²) in [6, 6.07) is 2.26. The van der Waals surface area contributed by atoms with Gasteiger partial charge in [0.2, 0.25) is 5.95 Å². The van der Waals surface area contributed by atoms with Crippen LogP contribution in [0.3, 0.4) is 0 Å². The monoisotopic (exact) mass is 225 g/mol. The Morgan fingerprint density at radius 3 is 2.53 bits per heavy atom. The fourth-order valence-corrected chi connectivity index (χ4v) is 0.715. The zero-order valence-corrected chi connectivity index (χ0v) is 7.42. The van der Waals surface area contributed by atoms with Gasteiger partial charge in [0.05, 0.1) is 6.20 Å². The maximum Gasteiger partial charge on any atom is 0.411 e. The second-order valence-electron chi connectivity index (χ2n) is 2.54. The predicted octanol–water partition coefficient (Wildman–Crippen LogP) is 2.14. The molecule has 1 aromatic rings. The molecular weight excluding hydrogens is 218 g/mol. The van der Waals surface area contributed by atoms with Gasteiger partial charge in [0.15, 0.2) is 6.79 Å². The summed E-state index contributed by atoms with van der Waals surface area (Å²) >= 11 is 0. The zero-order valence-electron chi connectivity index (χ0n) is 7.42. The van der Waals surface area contributed by atoms with Crippen LogP contribution in [0.15, 0.2) is 18.3 Å². The van der Waals surface area contributed by atoms with Crippen LogP contribution in [0.4, 0.5) is 17.6 Å². The molecule has 15 heavy (non-hydrogen) atoms. The summed E-state index contributed by atoms with van der Waals surface area (Å²) in [6.07, 6.45) is -3.34. The summed E-state index contributed by atoms with van der Waals surface area (Å²) in [5.41, 5.74) is 0. The largest absolute Gasteiger partial charge is 0.466 e. The van der Waals surface area contributed by atoms with Crippen LogP contribution in [0.1, 0.15) is 0 Å². The first-order chi connectivity index (χ1) is 6.97. The third-order valence-electron chi connectivity index (χ3n) is 1.27. The van der Waals surface area contributed by atoms with Gasteiger partial charge in [-0.25, -0.2) is 4.98 Å². The Bertz CT molecular complexity index is 299. The second-order valence-corrected chi connectivity index (χ2v) is 2.54. The molecule has 1 aromatic heterocycles. The summed E-state index contributed by atoms with van der Waals surface area (Å²) in [6.45, 7) is -1.95. The Morgan fingerprint density at radius 1 is 1.27 bits per heavy atom. The number of rotatable bonds is 4. The molecule has 0 bridgehead atoms. The maximum atomic E-state index is 12.3. The highest BCUT2D eigenvalue weighted by atomic mass is 19.4. The standard InChI is InChI=1S/C8H7F4NO2/c9-7-2-1-6(3-13-7)15-5-14-4-8(10,11)12/h1-3H,4-5H2. The van der Waals surface area contributed by atoms with E-state index in [1.165, 1.54) is 6.07 Å². The van der Waals surface area contributed by atoms with E-state index in [9.17, 15) is 17.6 Å². The van der Waals surface area contributed by atoms with Crippen molar-refractivity contribution in [2.45, 2.75) is 6.18 Å². The van der Waals surface area contributed by atoms with E-state index in [2.05, 4.69) is 9.72 Å². The van der Waals surface area contributed by atoms with Crippen LogP contribution < -0.4 is 4.74 Å². The van der Waals surface area contributed by atoms with E-state index < -0.39 is 25.5 Å². The molecule has 0 spiro atoms. The van der Waals surface area contributed by atoms with E-state index in [0.717, 1.165) is 12.3 Å². The number of pyridine rings is 1. The van der Waals surface area contributed by atoms with Gasteiger partial charge in [0, 0.05) is 0 Å². The lowest BCUT2D eigenvalue weighted by atomic mass is 10.5. The number of alkyl halides is 3. The Hall–Kier alpha value is -1.37. The topological polar surface area (TPSA) is 31.4 Å². The molecule has 1 heterocycles. The molecule has 0 aliphatic heterocycles. The van der Waals surface area contributed by atoms with Crippen molar-refractivity contribution >= 4 is 0 Å². The highest BCUT2D eigenvalue weighted by molar-refractivity contribution is 5.15. The van der Waals surface area contributed by atoms with E-state index in [4.69, 9.17) is 4.74 Å². The number of ether oxygens (including phenoxy) is 2. The minimum Gasteiger partial charge on any atom is -0.466 e. The Labute approximate surface area is 82.6 Å². The third-order valence-corrected chi connectivity index (χ3v) is 1.27. The van der Waals surface area contributed by atoms with E-state index in [1.807, 2.05) is 0 Å². The Balaban J connectivity index is 2.23. The number of nitrogens with zero attached hydrogens (tertiary/aromatic N) is 1. The quantitative estimate of drug-likeness (QED) is 0.340. The summed E-state index contributed by atoms with van der Waals surface area (Å²) in [5, 5.41) is 0. The molecule has 0 saturated carbocycles. The Kier molecular flexibility index (Phi) is 3.84. The number of halogens is 4. The lowest BCUT2D eigenvalue weighted by Crippen LogP contribution is -2.19. The molecule has 0 radical (unpaired) electrons. The van der Waals surface area contributed by atoms with Crippen molar-refractivity contribution in [2.24, 2.45) is 0 Å². The van der Waals surface area contributed by atoms with Crippen molar-refractivity contribution in [2.75, 3.05) is 13.4 Å². The Morgan fingerprint density at radius 2 is 2.00 bits per heavy atom. The molecule has 0 aliphatic rings. The second kappa shape index (κ2) is 4.92. The van der Waals surface area contributed by atoms with Gasteiger partial charge in [-0.2, -0.15) is 17.6 Å². The van der Waals surface area contributed by atoms with Crippen LogP contribution in [-0.4, -0.2) is 24.6 Å². The van der Waals surface area contributed by atoms with Crippen LogP contribution in [0, 0.1) is 5.95 Å². The number of hydrogen-bond acceptors (Lipinski definition) is 3. The molecule has 84 valence electrons. The van der Waals surface area contributed by atoms with Crippen molar-refractivity contribution in [1.29, 1.82) is 0 Å². The van der Waals surface area contributed by atoms with Gasteiger partial charge < -0.3 is 9.47 Å². The highest BCUT2D eigenvalue weighted by Crippen LogP contribution is 2.14. The van der Waals surface area contributed by atoms with Crippen LogP contribution in [0.2, 0.25) is 0 Å². The lowest BCUT2D eigenvalue weighted by molar-refractivity contribution is -0.186. The van der Waals surface area contributed by atoms with Gasteiger partial charge in [-0.3, -0.25) is 0 Å². The first-order valence-electron chi connectivity index (χ1n) is 3.86. The molecule has 0 aromatic carbocycles. The molecule has 0 fully saturated rings. The summed E-state index contributed by atoms with van der Waals surface area (Å²) in [5.74, 6) is -0.558. The minimum atomic E-state index is -4.38. The van der Waals surface area contributed by atoms with Crippen molar-refractivity contribution in [1.82, 2.24) is 4.98 Å². The molecular formula is C8H7F4NO2. The predicted molar refractivity (Wildman–Crippen MR) is 41.7 cm³/mol. The van der Waals surface area contributed by atoms with Gasteiger partial charge in [-0.05, 0) is 12.1 Å². The van der Waals surface area contributed by atoms with Crippen molar-refractivity contribution in [3.05, 3.63) is 24.3 Å². The number of hydrogen-bond donors (Lipinski definition) is 0. The third kappa shape index (κ3) is 5.16. The lowest BCUT2D eigenvalue weighted by Gasteiger charge is -2.08. The van der Waals surface area contributed by atoms with Crippen molar-refractivity contribution < 1.29 is 27.0 Å². The minimum absolute atomic E-state index is 0.138. The first kappa shape index (κ1) is 11.7. The zero-order chi connectivity index (χ0) is 11.3. The van der Waals surface area contributed by atoms with E-state index in [1.54, 1.807) is 0 Å². The van der Waals surface area contributed by atoms with Crippen LogP contribution in [-0.2, 0) is 4.74 Å². The van der Waals surface area contributed by atoms with Gasteiger partial charge in [0.25, 0.3) is 0 Å². The molecule has 3 nitrogen and oxygen atoms in total. The smallest absolute Gasteiger partial charge is 0.411 e. The van der Waals surface area contributed by atoms with Crippen LogP contribution >= 0.6 is 0 Å². The maximum absolute atomic E-state index is 12.3. The molecule has 0 aliphatic carbocycles. The highest BCUT2D eigenvalue weighted by Gasteiger charge is 2.27. The summed E-state index contributed by atoms with van der Waals surface area (Å²) < 4.78 is 55.9. The summed E-state index contributed by atoms with van der Waals surface area (Å²) in [4.78, 5) is 3.24. The van der Waals surface area contributed by atoms with Crippen molar-refractivity contribution in [3.8, 4) is 5.75 Å².